The highest BCUT2D eigenvalue weighted by atomic mass is 16.8. The normalized spacial score (nSPS) is 49.8. The molecule has 6 aliphatic heterocycles. The lowest BCUT2D eigenvalue weighted by molar-refractivity contribution is -0.401. The Bertz CT molecular complexity index is 2670. The minimum absolute atomic E-state index is 0.0685. The van der Waals surface area contributed by atoms with Crippen LogP contribution >= 0.6 is 0 Å². The van der Waals surface area contributed by atoms with E-state index in [1.165, 1.54) is 11.1 Å². The molecule has 0 aromatic heterocycles. The first-order valence-electron chi connectivity index (χ1n) is 34.4. The van der Waals surface area contributed by atoms with E-state index in [0.29, 0.717) is 38.0 Å². The van der Waals surface area contributed by atoms with Gasteiger partial charge in [-0.2, -0.15) is 0 Å². The minimum Gasteiger partial charge on any atom is -0.481 e. The molecule has 0 aromatic rings. The van der Waals surface area contributed by atoms with Crippen LogP contribution in [0.1, 0.15) is 113 Å². The lowest BCUT2D eigenvalue weighted by Crippen LogP contribution is -2.67. The number of aliphatic carboxylic acids is 1. The number of rotatable bonds is 23. The number of carboxylic acids is 1. The maximum atomic E-state index is 14.1. The first-order chi connectivity index (χ1) is 45.8. The van der Waals surface area contributed by atoms with E-state index in [9.17, 15) is 96.7 Å². The quantitative estimate of drug-likeness (QED) is 0.0437. The van der Waals surface area contributed by atoms with Gasteiger partial charge in [-0.05, 0) is 104 Å². The van der Waals surface area contributed by atoms with Crippen LogP contribution in [0.2, 0.25) is 0 Å². The topological polar surface area (TPSA) is 492 Å². The fourth-order valence-corrected chi connectivity index (χ4v) is 18.4. The Morgan fingerprint density at radius 3 is 1.65 bits per heavy atom. The first-order valence-corrected chi connectivity index (χ1v) is 34.4. The fraction of sp³-hybridized carbons (Fsp3) is 0.924. The number of fused-ring (bicyclic) bond motifs is 4. The Labute approximate surface area is 563 Å². The predicted molar refractivity (Wildman–Crippen MR) is 328 cm³/mol. The van der Waals surface area contributed by atoms with Crippen LogP contribution in [0.5, 0.6) is 0 Å². The summed E-state index contributed by atoms with van der Waals surface area (Å²) in [5, 5.41) is 198. The zero-order valence-electron chi connectivity index (χ0n) is 56.1. The molecule has 0 aromatic carbocycles. The molecule has 35 unspecified atom stereocenters. The minimum atomic E-state index is -2.21. The van der Waals surface area contributed by atoms with Gasteiger partial charge >= 0.3 is 5.97 Å². The zero-order valence-corrected chi connectivity index (χ0v) is 56.1. The van der Waals surface area contributed by atoms with Crippen LogP contribution in [0.25, 0.3) is 0 Å². The van der Waals surface area contributed by atoms with Crippen LogP contribution < -0.4 is 0 Å². The van der Waals surface area contributed by atoms with Crippen molar-refractivity contribution in [1.29, 1.82) is 0 Å². The van der Waals surface area contributed by atoms with Crippen LogP contribution in [-0.4, -0.2) is 316 Å². The molecule has 10 aliphatic rings. The van der Waals surface area contributed by atoms with Crippen LogP contribution in [0.15, 0.2) is 23.3 Å². The van der Waals surface area contributed by atoms with Crippen molar-refractivity contribution in [3.63, 3.8) is 0 Å². The maximum Gasteiger partial charge on any atom is 0.314 e. The van der Waals surface area contributed by atoms with E-state index in [1.807, 2.05) is 0 Å². The Morgan fingerprint density at radius 2 is 1.02 bits per heavy atom. The third-order valence-corrected chi connectivity index (χ3v) is 24.3. The van der Waals surface area contributed by atoms with Crippen molar-refractivity contribution in [2.24, 2.45) is 51.2 Å². The van der Waals surface area contributed by atoms with Crippen LogP contribution in [0.3, 0.4) is 0 Å². The molecule has 6 saturated heterocycles. The predicted octanol–water partition coefficient (Wildman–Crippen LogP) is -3.74. The van der Waals surface area contributed by atoms with Crippen molar-refractivity contribution >= 4 is 5.97 Å². The number of carboxylic acid groups (broad SMARTS) is 1. The summed E-state index contributed by atoms with van der Waals surface area (Å²) in [5.74, 6) is -1.39. The molecule has 0 spiro atoms. The Morgan fingerprint density at radius 1 is 0.495 bits per heavy atom. The summed E-state index contributed by atoms with van der Waals surface area (Å²) >= 11 is 0. The average Bonchev–Trinajstić information content (AvgIpc) is 1.63. The van der Waals surface area contributed by atoms with Gasteiger partial charge in [0.05, 0.1) is 70.0 Å². The SMILES string of the molecule is C=C(CCC(C)C1CCC2(C(=O)O)C3=C(CCC12C)C1(C)CCC(OC2OCC(O)C(OC4OC(CO)C(CO)C(OC5OC(CO)C(OC6OC(CO)C(O)C(O)C6OC6OCC(O)C(O)C6O)C(O)C5O)C4O)C2OC2OC(CO)C(O)C(O)C2O)C(C)(C)C1CC3)C(C)C. The largest absolute Gasteiger partial charge is 0.481 e. The highest BCUT2D eigenvalue weighted by Crippen LogP contribution is 2.73. The van der Waals surface area contributed by atoms with E-state index in [0.717, 1.165) is 37.7 Å². The summed E-state index contributed by atoms with van der Waals surface area (Å²) in [6, 6.07) is 0. The van der Waals surface area contributed by atoms with Crippen molar-refractivity contribution in [3.05, 3.63) is 23.3 Å². The molecule has 0 radical (unpaired) electrons. The molecule has 0 bridgehead atoms. The monoisotopic (exact) mass is 1400 g/mol. The van der Waals surface area contributed by atoms with Gasteiger partial charge in [0, 0.05) is 5.92 Å². The third-order valence-electron chi connectivity index (χ3n) is 24.3. The first kappa shape index (κ1) is 77.4. The molecule has 31 heteroatoms. The van der Waals surface area contributed by atoms with Crippen molar-refractivity contribution in [3.8, 4) is 0 Å². The van der Waals surface area contributed by atoms with Gasteiger partial charge in [0.2, 0.25) is 0 Å². The second kappa shape index (κ2) is 30.9. The van der Waals surface area contributed by atoms with Gasteiger partial charge in [-0.1, -0.05) is 71.8 Å². The van der Waals surface area contributed by atoms with Crippen LogP contribution in [0.4, 0.5) is 0 Å². The Balaban J connectivity index is 0.888. The average molecular weight is 1400 g/mol. The van der Waals surface area contributed by atoms with Gasteiger partial charge in [0.25, 0.3) is 0 Å². The molecule has 31 nitrogen and oxygen atoms in total. The van der Waals surface area contributed by atoms with E-state index >= 15 is 0 Å². The van der Waals surface area contributed by atoms with Gasteiger partial charge in [-0.3, -0.25) is 4.79 Å². The van der Waals surface area contributed by atoms with E-state index < -0.39 is 252 Å². The number of aliphatic hydroxyl groups excluding tert-OH is 17. The van der Waals surface area contributed by atoms with Gasteiger partial charge in [-0.25, -0.2) is 0 Å². The van der Waals surface area contributed by atoms with Crippen molar-refractivity contribution < 1.29 is 154 Å². The van der Waals surface area contributed by atoms with E-state index in [1.54, 1.807) is 0 Å². The van der Waals surface area contributed by atoms with E-state index in [-0.39, 0.29) is 17.8 Å². The molecule has 97 heavy (non-hydrogen) atoms. The smallest absolute Gasteiger partial charge is 0.314 e. The van der Waals surface area contributed by atoms with E-state index in [4.69, 9.17) is 56.8 Å². The highest BCUT2D eigenvalue weighted by Gasteiger charge is 2.69. The van der Waals surface area contributed by atoms with E-state index in [2.05, 4.69) is 55.0 Å². The summed E-state index contributed by atoms with van der Waals surface area (Å²) in [5.41, 5.74) is 0.790. The van der Waals surface area contributed by atoms with Gasteiger partial charge < -0.3 is 149 Å². The van der Waals surface area contributed by atoms with Crippen molar-refractivity contribution in [2.45, 2.75) is 285 Å². The van der Waals surface area contributed by atoms with Crippen LogP contribution in [0, 0.1) is 51.2 Å². The Hall–Kier alpha value is -2.21. The second-order valence-electron chi connectivity index (χ2n) is 30.2. The van der Waals surface area contributed by atoms with Crippen LogP contribution in [-0.2, 0) is 61.6 Å². The molecule has 18 N–H and O–H groups in total. The molecule has 558 valence electrons. The fourth-order valence-electron chi connectivity index (χ4n) is 18.4. The zero-order chi connectivity index (χ0) is 70.9. The summed E-state index contributed by atoms with van der Waals surface area (Å²) in [4.78, 5) is 14.1. The van der Waals surface area contributed by atoms with Gasteiger partial charge in [0.15, 0.2) is 37.7 Å². The Kier molecular flexibility index (Phi) is 24.6. The summed E-state index contributed by atoms with van der Waals surface area (Å²) < 4.78 is 73.0. The number of ether oxygens (including phenoxy) is 12. The molecular weight excluding hydrogens is 1290 g/mol. The second-order valence-corrected chi connectivity index (χ2v) is 30.2. The molecular formula is C66H108O31. The lowest BCUT2D eigenvalue weighted by Gasteiger charge is -2.62. The van der Waals surface area contributed by atoms with Gasteiger partial charge in [0.1, 0.15) is 116 Å². The molecule has 4 aliphatic carbocycles. The molecule has 0 amide bonds. The molecule has 8 fully saturated rings. The summed E-state index contributed by atoms with van der Waals surface area (Å²) in [7, 11) is 0. The number of hydrogen-bond acceptors (Lipinski definition) is 30. The molecule has 2 saturated carbocycles. The summed E-state index contributed by atoms with van der Waals surface area (Å²) in [6.07, 6.45) is -43.4. The summed E-state index contributed by atoms with van der Waals surface area (Å²) in [6.45, 7) is 13.8. The number of aliphatic hydroxyl groups is 17. The molecule has 35 atom stereocenters. The lowest BCUT2D eigenvalue weighted by atomic mass is 9.43. The number of carbonyl (C=O) groups is 1. The standard InChI is InChI=1S/C66H108O31/c1-26(2)27(3)9-10-28(4)30-14-18-66(62(84)85)32-11-12-39-63(5,6)40(15-16-64(39,7)31(32)13-17-65(30,66)8)92-60-55(97-57-48(81)44(77)42(75)36(21-69)89-57)52(34(73)25-87-60)94-59-50(83)51(29(19-67)35(20-68)88-59)93-58-49(82)46(79)53(38(23-71)91-58)95-61-54(45(78)43(76)37(22-70)90-61)96-56-47(80)41(74)33(72)24-86-56/h26,28-30,33-61,67-83H,3,9-25H2,1-2,4-8H3,(H,84,85). The highest BCUT2D eigenvalue weighted by molar-refractivity contribution is 5.82. The third kappa shape index (κ3) is 14.1. The maximum absolute atomic E-state index is 14.1. The molecule has 10 rings (SSSR count). The van der Waals surface area contributed by atoms with Crippen molar-refractivity contribution in [1.82, 2.24) is 0 Å². The van der Waals surface area contributed by atoms with Gasteiger partial charge in [-0.15, -0.1) is 0 Å². The molecule has 6 heterocycles. The van der Waals surface area contributed by atoms with Crippen molar-refractivity contribution in [2.75, 3.05) is 46.2 Å². The number of hydrogen-bond donors (Lipinski definition) is 18. The number of allylic oxidation sites excluding steroid dienone is 2.